The maximum Gasteiger partial charge on any atom is 0.306 e. The van der Waals surface area contributed by atoms with Crippen molar-refractivity contribution in [3.05, 3.63) is 50.9 Å². The Hall–Kier alpha value is -2.94. The number of aliphatic carboxylic acids is 1. The van der Waals surface area contributed by atoms with Crippen LogP contribution in [0, 0.1) is 26.7 Å². The molecule has 1 aliphatic heterocycles. The Morgan fingerprint density at radius 2 is 1.90 bits per heavy atom. The van der Waals surface area contributed by atoms with Crippen molar-refractivity contribution in [2.24, 2.45) is 11.0 Å². The molecule has 0 unspecified atom stereocenters. The normalized spacial score (nSPS) is 15.3. The first-order valence-corrected chi connectivity index (χ1v) is 10.3. The van der Waals surface area contributed by atoms with Crippen LogP contribution in [0.1, 0.15) is 42.1 Å². The third kappa shape index (κ3) is 4.46. The van der Waals surface area contributed by atoms with E-state index in [0.717, 1.165) is 22.5 Å². The Morgan fingerprint density at radius 1 is 1.23 bits per heavy atom. The number of carbonyl (C=O) groups is 1. The van der Waals surface area contributed by atoms with Crippen molar-refractivity contribution in [1.82, 2.24) is 20.1 Å². The van der Waals surface area contributed by atoms with Gasteiger partial charge < -0.3 is 10.0 Å². The second-order valence-electron chi connectivity index (χ2n) is 7.73. The smallest absolute Gasteiger partial charge is 0.306 e. The molecule has 1 aromatic carbocycles. The lowest BCUT2D eigenvalue weighted by molar-refractivity contribution is -0.143. The summed E-state index contributed by atoms with van der Waals surface area (Å²) in [7, 11) is 0. The Kier molecular flexibility index (Phi) is 6.40. The van der Waals surface area contributed by atoms with Gasteiger partial charge >= 0.3 is 5.97 Å². The Labute approximate surface area is 180 Å². The van der Waals surface area contributed by atoms with E-state index in [0.29, 0.717) is 42.3 Å². The fraction of sp³-hybridized carbons (Fsp3) is 0.429. The zero-order valence-electron chi connectivity index (χ0n) is 17.7. The van der Waals surface area contributed by atoms with Crippen molar-refractivity contribution in [3.63, 3.8) is 0 Å². The van der Waals surface area contributed by atoms with Gasteiger partial charge in [-0.05, 0) is 76.0 Å². The molecule has 0 bridgehead atoms. The summed E-state index contributed by atoms with van der Waals surface area (Å²) in [5, 5.41) is 17.0. The molecule has 3 N–H and O–H groups in total. The van der Waals surface area contributed by atoms with E-state index in [4.69, 9.17) is 17.3 Å². The van der Waals surface area contributed by atoms with Crippen molar-refractivity contribution in [2.75, 3.05) is 13.1 Å². The topological polar surface area (TPSA) is 103 Å². The van der Waals surface area contributed by atoms with Gasteiger partial charge in [-0.15, -0.1) is 0 Å². The highest BCUT2D eigenvalue weighted by atomic mass is 32.1. The molecule has 160 valence electrons. The van der Waals surface area contributed by atoms with Gasteiger partial charge in [-0.25, -0.2) is 4.68 Å². The predicted octanol–water partition coefficient (Wildman–Crippen LogP) is 2.49. The molecule has 0 spiro atoms. The zero-order chi connectivity index (χ0) is 22.0. The largest absolute Gasteiger partial charge is 0.481 e. The standard InChI is InChI=1S/C21H27N5O3S/c1-12-5-6-17(11-13(12)2)26-19(27)18(15(4)24-26)14(3)22-23-21(30)25-9-7-16(8-10-25)20(28)29/h5-6,11,16,24H,7-10H2,1-4H3,(H,23,30)(H,28,29)/b22-14+. The second-order valence-corrected chi connectivity index (χ2v) is 8.12. The number of hydrogen-bond donors (Lipinski definition) is 3. The number of nitrogens with zero attached hydrogens (tertiary/aromatic N) is 3. The first-order valence-electron chi connectivity index (χ1n) is 9.90. The van der Waals surface area contributed by atoms with E-state index in [1.165, 1.54) is 4.68 Å². The second kappa shape index (κ2) is 8.83. The maximum atomic E-state index is 13.0. The predicted molar refractivity (Wildman–Crippen MR) is 120 cm³/mol. The number of rotatable bonds is 4. The summed E-state index contributed by atoms with van der Waals surface area (Å²) >= 11 is 5.39. The molecule has 1 fully saturated rings. The molecule has 0 atom stereocenters. The Bertz CT molecular complexity index is 1060. The van der Waals surface area contributed by atoms with Gasteiger partial charge in [-0.3, -0.25) is 20.1 Å². The summed E-state index contributed by atoms with van der Waals surface area (Å²) in [5.41, 5.74) is 7.46. The SMILES string of the molecule is C/C(=N\NC(=S)N1CCC(C(=O)O)CC1)c1c(C)[nH]n(-c2ccc(C)c(C)c2)c1=O. The number of hydrazone groups is 1. The van der Waals surface area contributed by atoms with Gasteiger partial charge in [0.25, 0.3) is 5.56 Å². The summed E-state index contributed by atoms with van der Waals surface area (Å²) in [4.78, 5) is 26.0. The van der Waals surface area contributed by atoms with E-state index < -0.39 is 5.97 Å². The van der Waals surface area contributed by atoms with Crippen LogP contribution < -0.4 is 11.0 Å². The molecule has 1 saturated heterocycles. The lowest BCUT2D eigenvalue weighted by Crippen LogP contribution is -2.44. The molecule has 8 nitrogen and oxygen atoms in total. The maximum absolute atomic E-state index is 13.0. The summed E-state index contributed by atoms with van der Waals surface area (Å²) < 4.78 is 1.52. The highest BCUT2D eigenvalue weighted by Crippen LogP contribution is 2.17. The minimum atomic E-state index is -0.759. The molecule has 2 heterocycles. The molecular formula is C21H27N5O3S. The van der Waals surface area contributed by atoms with Crippen LogP contribution in [-0.2, 0) is 4.79 Å². The first kappa shape index (κ1) is 21.8. The molecule has 0 radical (unpaired) electrons. The van der Waals surface area contributed by atoms with Crippen molar-refractivity contribution in [1.29, 1.82) is 0 Å². The zero-order valence-corrected chi connectivity index (χ0v) is 18.5. The van der Waals surface area contributed by atoms with Crippen LogP contribution in [0.4, 0.5) is 0 Å². The van der Waals surface area contributed by atoms with Crippen molar-refractivity contribution < 1.29 is 9.90 Å². The quantitative estimate of drug-likeness (QED) is 0.392. The molecule has 0 aliphatic carbocycles. The number of thiocarbonyl (C=S) groups is 1. The van der Waals surface area contributed by atoms with E-state index in [-0.39, 0.29) is 11.5 Å². The van der Waals surface area contributed by atoms with Crippen molar-refractivity contribution >= 4 is 29.0 Å². The lowest BCUT2D eigenvalue weighted by atomic mass is 9.97. The van der Waals surface area contributed by atoms with E-state index >= 15 is 0 Å². The van der Waals surface area contributed by atoms with Crippen LogP contribution in [0.3, 0.4) is 0 Å². The average molecular weight is 430 g/mol. The van der Waals surface area contributed by atoms with E-state index in [1.54, 1.807) is 6.92 Å². The van der Waals surface area contributed by atoms with Crippen LogP contribution in [0.15, 0.2) is 28.1 Å². The monoisotopic (exact) mass is 429 g/mol. The Morgan fingerprint density at radius 3 is 2.50 bits per heavy atom. The third-order valence-corrected chi connectivity index (χ3v) is 5.98. The number of likely N-dealkylation sites (tertiary alicyclic amines) is 1. The summed E-state index contributed by atoms with van der Waals surface area (Å²) in [6, 6.07) is 5.86. The summed E-state index contributed by atoms with van der Waals surface area (Å²) in [5.74, 6) is -1.08. The van der Waals surface area contributed by atoms with Gasteiger partial charge in [0.15, 0.2) is 5.11 Å². The van der Waals surface area contributed by atoms with Crippen LogP contribution >= 0.6 is 12.2 Å². The number of aromatic nitrogens is 2. The minimum Gasteiger partial charge on any atom is -0.481 e. The molecule has 0 amide bonds. The van der Waals surface area contributed by atoms with Crippen LogP contribution in [0.2, 0.25) is 0 Å². The molecule has 3 rings (SSSR count). The van der Waals surface area contributed by atoms with Crippen LogP contribution in [0.25, 0.3) is 5.69 Å². The van der Waals surface area contributed by atoms with E-state index in [9.17, 15) is 9.59 Å². The third-order valence-electron chi connectivity index (χ3n) is 5.63. The first-order chi connectivity index (χ1) is 14.2. The molecular weight excluding hydrogens is 402 g/mol. The van der Waals surface area contributed by atoms with E-state index in [1.807, 2.05) is 43.9 Å². The van der Waals surface area contributed by atoms with Gasteiger partial charge in [-0.2, -0.15) is 5.10 Å². The number of aryl methyl sites for hydroxylation is 3. The van der Waals surface area contributed by atoms with Gasteiger partial charge in [0.2, 0.25) is 0 Å². The van der Waals surface area contributed by atoms with Gasteiger partial charge in [0, 0.05) is 18.8 Å². The number of nitrogens with one attached hydrogen (secondary N) is 2. The molecule has 30 heavy (non-hydrogen) atoms. The van der Waals surface area contributed by atoms with Gasteiger partial charge in [-0.1, -0.05) is 6.07 Å². The fourth-order valence-electron chi connectivity index (χ4n) is 3.61. The fourth-order valence-corrected chi connectivity index (χ4v) is 3.84. The number of aromatic amines is 1. The number of hydrogen-bond acceptors (Lipinski definition) is 4. The molecule has 2 aromatic rings. The lowest BCUT2D eigenvalue weighted by Gasteiger charge is -2.31. The highest BCUT2D eigenvalue weighted by Gasteiger charge is 2.25. The van der Waals surface area contributed by atoms with Gasteiger partial charge in [0.1, 0.15) is 0 Å². The minimum absolute atomic E-state index is 0.174. The molecule has 9 heteroatoms. The molecule has 0 saturated carbocycles. The Balaban J connectivity index is 1.74. The van der Waals surface area contributed by atoms with E-state index in [2.05, 4.69) is 15.6 Å². The van der Waals surface area contributed by atoms with Crippen molar-refractivity contribution in [2.45, 2.75) is 40.5 Å². The average Bonchev–Trinajstić information content (AvgIpc) is 3.02. The van der Waals surface area contributed by atoms with Gasteiger partial charge in [0.05, 0.1) is 22.9 Å². The number of piperidine rings is 1. The molecule has 1 aromatic heterocycles. The number of carboxylic acid groups (broad SMARTS) is 1. The summed E-state index contributed by atoms with van der Waals surface area (Å²) in [6.45, 7) is 8.78. The number of benzene rings is 1. The number of H-pyrrole nitrogens is 1. The summed E-state index contributed by atoms with van der Waals surface area (Å²) in [6.07, 6.45) is 1.11. The number of carboxylic acids is 1. The molecule has 1 aliphatic rings. The highest BCUT2D eigenvalue weighted by molar-refractivity contribution is 7.80. The van der Waals surface area contributed by atoms with Crippen LogP contribution in [0.5, 0.6) is 0 Å². The van der Waals surface area contributed by atoms with Crippen molar-refractivity contribution in [3.8, 4) is 5.69 Å². The van der Waals surface area contributed by atoms with Crippen LogP contribution in [-0.4, -0.2) is 49.7 Å².